The van der Waals surface area contributed by atoms with Crippen molar-refractivity contribution in [3.63, 3.8) is 0 Å². The molecule has 4 aromatic rings. The summed E-state index contributed by atoms with van der Waals surface area (Å²) in [6.45, 7) is 0.383. The first kappa shape index (κ1) is 21.1. The molecule has 2 aromatic heterocycles. The number of nitrogens with zero attached hydrogens (tertiary/aromatic N) is 3. The van der Waals surface area contributed by atoms with Crippen molar-refractivity contribution in [2.45, 2.75) is 24.5 Å². The smallest absolute Gasteiger partial charge is 0.407 e. The average molecular weight is 444 g/mol. The van der Waals surface area contributed by atoms with E-state index < -0.39 is 18.3 Å². The van der Waals surface area contributed by atoms with E-state index in [2.05, 4.69) is 39.6 Å². The Hall–Kier alpha value is -3.75. The molecule has 8 nitrogen and oxygen atoms in total. The minimum atomic E-state index is -1.15. The first-order valence-electron chi connectivity index (χ1n) is 10.9. The molecule has 3 N–H and O–H groups in total. The molecule has 0 bridgehead atoms. The molecule has 5 rings (SSSR count). The van der Waals surface area contributed by atoms with Crippen molar-refractivity contribution in [1.82, 2.24) is 19.7 Å². The summed E-state index contributed by atoms with van der Waals surface area (Å²) >= 11 is 0. The van der Waals surface area contributed by atoms with Crippen LogP contribution in [0.5, 0.6) is 0 Å². The lowest BCUT2D eigenvalue weighted by Crippen LogP contribution is -2.31. The number of fused-ring (bicyclic) bond motifs is 4. The van der Waals surface area contributed by atoms with E-state index >= 15 is 0 Å². The molecule has 33 heavy (non-hydrogen) atoms. The predicted molar refractivity (Wildman–Crippen MR) is 122 cm³/mol. The third kappa shape index (κ3) is 4.06. The summed E-state index contributed by atoms with van der Waals surface area (Å²) in [7, 11) is 0. The highest BCUT2D eigenvalue weighted by Crippen LogP contribution is 2.44. The second kappa shape index (κ2) is 9.01. The van der Waals surface area contributed by atoms with Crippen molar-refractivity contribution in [2.24, 2.45) is 0 Å². The van der Waals surface area contributed by atoms with Gasteiger partial charge >= 0.3 is 6.09 Å². The van der Waals surface area contributed by atoms with E-state index in [0.717, 1.165) is 11.1 Å². The Labute approximate surface area is 190 Å². The number of alkyl carbamates (subject to hydrolysis) is 1. The van der Waals surface area contributed by atoms with Crippen LogP contribution >= 0.6 is 0 Å². The Balaban J connectivity index is 1.14. The van der Waals surface area contributed by atoms with Gasteiger partial charge in [-0.15, -0.1) is 0 Å². The molecule has 0 radical (unpaired) electrons. The topological polar surface area (TPSA) is 109 Å². The molecule has 1 aliphatic rings. The minimum Gasteiger partial charge on any atom is -0.449 e. The molecule has 0 fully saturated rings. The quantitative estimate of drug-likeness (QED) is 0.404. The van der Waals surface area contributed by atoms with E-state index in [1.54, 1.807) is 23.0 Å². The zero-order chi connectivity index (χ0) is 22.8. The Kier molecular flexibility index (Phi) is 5.77. The van der Waals surface area contributed by atoms with Gasteiger partial charge < -0.3 is 20.3 Å². The van der Waals surface area contributed by atoms with Crippen LogP contribution in [0.2, 0.25) is 0 Å². The normalized spacial score (nSPS) is 14.5. The monoisotopic (exact) mass is 444 g/mol. The van der Waals surface area contributed by atoms with Crippen molar-refractivity contribution in [3.8, 4) is 11.1 Å². The molecule has 168 valence electrons. The molecular formula is C25H24N4O4. The van der Waals surface area contributed by atoms with E-state index in [4.69, 9.17) is 4.74 Å². The number of nitrogens with one attached hydrogen (secondary N) is 1. The van der Waals surface area contributed by atoms with Crippen molar-refractivity contribution >= 4 is 11.7 Å². The number of amides is 1. The minimum absolute atomic E-state index is 0.0137. The van der Waals surface area contributed by atoms with Crippen LogP contribution in [0.3, 0.4) is 0 Å². The van der Waals surface area contributed by atoms with Crippen LogP contribution in [0.4, 0.5) is 4.79 Å². The molecule has 0 saturated heterocycles. The summed E-state index contributed by atoms with van der Waals surface area (Å²) in [5, 5.41) is 23.5. The first-order chi connectivity index (χ1) is 16.1. The number of hydrogen-bond acceptors (Lipinski definition) is 6. The Morgan fingerprint density at radius 1 is 1.06 bits per heavy atom. The van der Waals surface area contributed by atoms with Crippen molar-refractivity contribution in [2.75, 3.05) is 13.2 Å². The number of rotatable bonds is 7. The molecule has 8 heteroatoms. The lowest BCUT2D eigenvalue weighted by atomic mass is 9.98. The van der Waals surface area contributed by atoms with Gasteiger partial charge in [0.2, 0.25) is 0 Å². The molecule has 0 spiro atoms. The van der Waals surface area contributed by atoms with Crippen LogP contribution in [0.1, 0.15) is 35.3 Å². The summed E-state index contributed by atoms with van der Waals surface area (Å²) in [4.78, 5) is 20.4. The first-order valence-corrected chi connectivity index (χ1v) is 10.9. The second-order valence-corrected chi connectivity index (χ2v) is 8.04. The molecular weight excluding hydrogens is 420 g/mol. The largest absolute Gasteiger partial charge is 0.449 e. The standard InChI is InChI=1S/C25H24N4O4/c30-22(24(31)21-13-28-23-14-26-11-12-29(21)23)9-10-27-25(32)33-15-20-18-7-3-1-5-16(18)17-6-2-4-8-19(17)20/h1-8,11-14,20,22,24,30-31H,9-10,15H2,(H,27,32). The van der Waals surface area contributed by atoms with Gasteiger partial charge in [-0.3, -0.25) is 9.38 Å². The molecule has 0 aliphatic heterocycles. The van der Waals surface area contributed by atoms with Crippen molar-refractivity contribution in [1.29, 1.82) is 0 Å². The number of carbonyl (C=O) groups excluding carboxylic acids is 1. The summed E-state index contributed by atoms with van der Waals surface area (Å²) in [6, 6.07) is 16.3. The number of ether oxygens (including phenoxy) is 1. The third-order valence-corrected chi connectivity index (χ3v) is 6.07. The Morgan fingerprint density at radius 2 is 1.76 bits per heavy atom. The van der Waals surface area contributed by atoms with Gasteiger partial charge in [-0.05, 0) is 28.7 Å². The summed E-state index contributed by atoms with van der Waals surface area (Å²) in [5.74, 6) is -0.0137. The highest BCUT2D eigenvalue weighted by Gasteiger charge is 2.29. The van der Waals surface area contributed by atoms with E-state index in [1.807, 2.05) is 24.3 Å². The highest BCUT2D eigenvalue weighted by atomic mass is 16.5. The summed E-state index contributed by atoms with van der Waals surface area (Å²) < 4.78 is 7.16. The predicted octanol–water partition coefficient (Wildman–Crippen LogP) is 3.05. The fraction of sp³-hybridized carbons (Fsp3) is 0.240. The fourth-order valence-electron chi connectivity index (χ4n) is 4.41. The molecule has 2 atom stereocenters. The van der Waals surface area contributed by atoms with Crippen LogP contribution < -0.4 is 5.32 Å². The van der Waals surface area contributed by atoms with E-state index in [1.165, 1.54) is 17.3 Å². The number of aromatic nitrogens is 3. The van der Waals surface area contributed by atoms with Gasteiger partial charge in [0.15, 0.2) is 5.65 Å². The molecule has 2 heterocycles. The molecule has 2 aromatic carbocycles. The van der Waals surface area contributed by atoms with Crippen molar-refractivity contribution in [3.05, 3.63) is 90.1 Å². The van der Waals surface area contributed by atoms with Gasteiger partial charge in [0.1, 0.15) is 12.7 Å². The fourth-order valence-corrected chi connectivity index (χ4v) is 4.41. The highest BCUT2D eigenvalue weighted by molar-refractivity contribution is 5.79. The number of benzene rings is 2. The van der Waals surface area contributed by atoms with Gasteiger partial charge in [0.05, 0.1) is 24.2 Å². The van der Waals surface area contributed by atoms with Crippen LogP contribution in [-0.4, -0.2) is 49.9 Å². The van der Waals surface area contributed by atoms with Gasteiger partial charge in [-0.1, -0.05) is 48.5 Å². The number of aliphatic hydroxyl groups is 2. The number of imidazole rings is 1. The second-order valence-electron chi connectivity index (χ2n) is 8.04. The van der Waals surface area contributed by atoms with Gasteiger partial charge in [0, 0.05) is 24.9 Å². The van der Waals surface area contributed by atoms with Crippen LogP contribution in [-0.2, 0) is 4.74 Å². The van der Waals surface area contributed by atoms with Gasteiger partial charge in [-0.2, -0.15) is 0 Å². The molecule has 2 unspecified atom stereocenters. The number of carbonyl (C=O) groups is 1. The van der Waals surface area contributed by atoms with E-state index in [9.17, 15) is 15.0 Å². The Morgan fingerprint density at radius 3 is 2.48 bits per heavy atom. The zero-order valence-electron chi connectivity index (χ0n) is 17.8. The lowest BCUT2D eigenvalue weighted by Gasteiger charge is -2.18. The van der Waals surface area contributed by atoms with Gasteiger partial charge in [0.25, 0.3) is 0 Å². The molecule has 1 aliphatic carbocycles. The maximum Gasteiger partial charge on any atom is 0.407 e. The van der Waals surface area contributed by atoms with Crippen molar-refractivity contribution < 1.29 is 19.7 Å². The average Bonchev–Trinajstić information content (AvgIpc) is 3.42. The SMILES string of the molecule is O=C(NCCC(O)C(O)c1cnc2cnccn12)OCC1c2ccccc2-c2ccccc21. The molecule has 0 saturated carbocycles. The van der Waals surface area contributed by atoms with Crippen LogP contribution in [0.15, 0.2) is 73.3 Å². The summed E-state index contributed by atoms with van der Waals surface area (Å²) in [5.41, 5.74) is 5.67. The maximum absolute atomic E-state index is 12.3. The third-order valence-electron chi connectivity index (χ3n) is 6.07. The van der Waals surface area contributed by atoms with Gasteiger partial charge in [-0.25, -0.2) is 9.78 Å². The zero-order valence-corrected chi connectivity index (χ0v) is 17.8. The summed E-state index contributed by atoms with van der Waals surface area (Å²) in [6.07, 6.45) is 3.70. The van der Waals surface area contributed by atoms with E-state index in [-0.39, 0.29) is 25.5 Å². The van der Waals surface area contributed by atoms with Crippen LogP contribution in [0, 0.1) is 0 Å². The number of aliphatic hydroxyl groups excluding tert-OH is 2. The van der Waals surface area contributed by atoms with Crippen LogP contribution in [0.25, 0.3) is 16.8 Å². The maximum atomic E-state index is 12.3. The van der Waals surface area contributed by atoms with E-state index in [0.29, 0.717) is 11.3 Å². The Bertz CT molecular complexity index is 1240. The lowest BCUT2D eigenvalue weighted by molar-refractivity contribution is 0.0107. The number of hydrogen-bond donors (Lipinski definition) is 3. The molecule has 1 amide bonds.